The van der Waals surface area contributed by atoms with Gasteiger partial charge in [0.2, 0.25) is 0 Å². The summed E-state index contributed by atoms with van der Waals surface area (Å²) in [5.41, 5.74) is 0. The second-order valence-electron chi connectivity index (χ2n) is 5.09. The average Bonchev–Trinajstić information content (AvgIpc) is 3.00. The van der Waals surface area contributed by atoms with Crippen molar-refractivity contribution in [2.24, 2.45) is 0 Å². The smallest absolute Gasteiger partial charge is 0.289 e. The number of nitrogens with zero attached hydrogens (tertiary/aromatic N) is 1. The Morgan fingerprint density at radius 3 is 2.64 bits per heavy atom. The van der Waals surface area contributed by atoms with Crippen LogP contribution in [-0.2, 0) is 6.61 Å². The van der Waals surface area contributed by atoms with E-state index in [1.54, 1.807) is 24.1 Å². The number of hydrogen-bond acceptors (Lipinski definition) is 3. The second kappa shape index (κ2) is 8.03. The Balaban J connectivity index is 1.90. The summed E-state index contributed by atoms with van der Waals surface area (Å²) in [6.45, 7) is 3.14. The van der Waals surface area contributed by atoms with Gasteiger partial charge >= 0.3 is 0 Å². The van der Waals surface area contributed by atoms with Crippen molar-refractivity contribution in [2.45, 2.75) is 26.4 Å². The summed E-state index contributed by atoms with van der Waals surface area (Å²) < 4.78 is 12.2. The van der Waals surface area contributed by atoms with Crippen molar-refractivity contribution in [2.75, 3.05) is 13.6 Å². The fourth-order valence-electron chi connectivity index (χ4n) is 1.94. The van der Waals surface area contributed by atoms with Crippen LogP contribution in [0.5, 0.6) is 5.75 Å². The number of halogens is 1. The molecule has 118 valence electrons. The number of amides is 1. The van der Waals surface area contributed by atoms with Crippen LogP contribution in [-0.4, -0.2) is 24.4 Å². The molecule has 1 aromatic heterocycles. The molecular formula is C17H20BrNO3. The van der Waals surface area contributed by atoms with Gasteiger partial charge in [0.1, 0.15) is 18.1 Å². The maximum Gasteiger partial charge on any atom is 0.289 e. The van der Waals surface area contributed by atoms with E-state index in [9.17, 15) is 4.79 Å². The lowest BCUT2D eigenvalue weighted by molar-refractivity contribution is 0.0757. The van der Waals surface area contributed by atoms with Crippen LogP contribution in [0.4, 0.5) is 0 Å². The zero-order valence-corrected chi connectivity index (χ0v) is 14.4. The van der Waals surface area contributed by atoms with Gasteiger partial charge in [-0.25, -0.2) is 0 Å². The first kappa shape index (κ1) is 16.6. The van der Waals surface area contributed by atoms with E-state index >= 15 is 0 Å². The van der Waals surface area contributed by atoms with Crippen molar-refractivity contribution in [3.05, 3.63) is 52.4 Å². The Morgan fingerprint density at radius 1 is 1.23 bits per heavy atom. The summed E-state index contributed by atoms with van der Waals surface area (Å²) >= 11 is 3.38. The molecule has 1 heterocycles. The Bertz CT molecular complexity index is 607. The zero-order valence-electron chi connectivity index (χ0n) is 12.8. The molecule has 22 heavy (non-hydrogen) atoms. The fourth-order valence-corrected chi connectivity index (χ4v) is 2.20. The van der Waals surface area contributed by atoms with Gasteiger partial charge in [-0.1, -0.05) is 29.3 Å². The van der Waals surface area contributed by atoms with Gasteiger partial charge in [-0.2, -0.15) is 0 Å². The average molecular weight is 366 g/mol. The maximum absolute atomic E-state index is 12.2. The highest BCUT2D eigenvalue weighted by atomic mass is 79.9. The van der Waals surface area contributed by atoms with Gasteiger partial charge in [-0.3, -0.25) is 4.79 Å². The Hall–Kier alpha value is -1.75. The molecule has 4 nitrogen and oxygen atoms in total. The minimum absolute atomic E-state index is 0.0941. The SMILES string of the molecule is CCCCN(C)C(=O)c1ccc(COc2ccc(Br)cc2)o1. The number of benzene rings is 1. The monoisotopic (exact) mass is 365 g/mol. The van der Waals surface area contributed by atoms with Crippen LogP contribution in [0.25, 0.3) is 0 Å². The molecule has 2 rings (SSSR count). The third-order valence-corrected chi connectivity index (χ3v) is 3.79. The molecular weight excluding hydrogens is 346 g/mol. The predicted octanol–water partition coefficient (Wildman–Crippen LogP) is 4.49. The summed E-state index contributed by atoms with van der Waals surface area (Å²) in [5, 5.41) is 0. The number of rotatable bonds is 7. The molecule has 0 radical (unpaired) electrons. The summed E-state index contributed by atoms with van der Waals surface area (Å²) in [4.78, 5) is 13.8. The van der Waals surface area contributed by atoms with Gasteiger partial charge in [0.15, 0.2) is 5.76 Å². The van der Waals surface area contributed by atoms with E-state index in [2.05, 4.69) is 22.9 Å². The van der Waals surface area contributed by atoms with Crippen molar-refractivity contribution in [1.29, 1.82) is 0 Å². The Labute approximate surface area is 139 Å². The zero-order chi connectivity index (χ0) is 15.9. The van der Waals surface area contributed by atoms with E-state index in [1.807, 2.05) is 24.3 Å². The first-order chi connectivity index (χ1) is 10.6. The molecule has 2 aromatic rings. The van der Waals surface area contributed by atoms with Gasteiger partial charge in [-0.05, 0) is 42.8 Å². The van der Waals surface area contributed by atoms with Crippen LogP contribution in [0.1, 0.15) is 36.1 Å². The van der Waals surface area contributed by atoms with Crippen molar-refractivity contribution in [1.82, 2.24) is 4.90 Å². The highest BCUT2D eigenvalue weighted by molar-refractivity contribution is 9.10. The molecule has 0 saturated heterocycles. The van der Waals surface area contributed by atoms with Gasteiger partial charge in [0, 0.05) is 18.1 Å². The van der Waals surface area contributed by atoms with Crippen molar-refractivity contribution >= 4 is 21.8 Å². The first-order valence-corrected chi connectivity index (χ1v) is 8.12. The summed E-state index contributed by atoms with van der Waals surface area (Å²) in [5.74, 6) is 1.65. The van der Waals surface area contributed by atoms with Gasteiger partial charge in [0.05, 0.1) is 0 Å². The fraction of sp³-hybridized carbons (Fsp3) is 0.353. The second-order valence-corrected chi connectivity index (χ2v) is 6.00. The van der Waals surface area contributed by atoms with Crippen LogP contribution in [0.3, 0.4) is 0 Å². The lowest BCUT2D eigenvalue weighted by atomic mass is 10.3. The number of carbonyl (C=O) groups is 1. The number of hydrogen-bond donors (Lipinski definition) is 0. The molecule has 0 unspecified atom stereocenters. The van der Waals surface area contributed by atoms with E-state index in [-0.39, 0.29) is 5.91 Å². The molecule has 0 N–H and O–H groups in total. The third-order valence-electron chi connectivity index (χ3n) is 3.26. The van der Waals surface area contributed by atoms with Crippen LogP contribution >= 0.6 is 15.9 Å². The quantitative estimate of drug-likeness (QED) is 0.725. The lowest BCUT2D eigenvalue weighted by Crippen LogP contribution is -2.27. The topological polar surface area (TPSA) is 42.7 Å². The van der Waals surface area contributed by atoms with Gasteiger partial charge in [0.25, 0.3) is 5.91 Å². The minimum atomic E-state index is -0.0941. The van der Waals surface area contributed by atoms with Crippen LogP contribution in [0, 0.1) is 0 Å². The highest BCUT2D eigenvalue weighted by Crippen LogP contribution is 2.18. The van der Waals surface area contributed by atoms with E-state index < -0.39 is 0 Å². The number of unbranched alkanes of at least 4 members (excludes halogenated alkanes) is 1. The molecule has 1 amide bonds. The van der Waals surface area contributed by atoms with Crippen LogP contribution in [0.2, 0.25) is 0 Å². The number of ether oxygens (including phenoxy) is 1. The summed E-state index contributed by atoms with van der Waals surface area (Å²) in [7, 11) is 1.79. The predicted molar refractivity (Wildman–Crippen MR) is 89.1 cm³/mol. The minimum Gasteiger partial charge on any atom is -0.486 e. The normalized spacial score (nSPS) is 10.5. The van der Waals surface area contributed by atoms with Crippen LogP contribution < -0.4 is 4.74 Å². The molecule has 0 aliphatic heterocycles. The molecule has 0 bridgehead atoms. The molecule has 5 heteroatoms. The molecule has 0 spiro atoms. The number of furan rings is 1. The summed E-state index contributed by atoms with van der Waals surface area (Å²) in [6.07, 6.45) is 2.05. The lowest BCUT2D eigenvalue weighted by Gasteiger charge is -2.14. The molecule has 0 atom stereocenters. The molecule has 0 aliphatic carbocycles. The Morgan fingerprint density at radius 2 is 1.95 bits per heavy atom. The largest absolute Gasteiger partial charge is 0.486 e. The van der Waals surface area contributed by atoms with Crippen LogP contribution in [0.15, 0.2) is 45.3 Å². The van der Waals surface area contributed by atoms with E-state index in [1.165, 1.54) is 0 Å². The van der Waals surface area contributed by atoms with Crippen molar-refractivity contribution in [3.63, 3.8) is 0 Å². The highest BCUT2D eigenvalue weighted by Gasteiger charge is 2.15. The number of carbonyl (C=O) groups excluding carboxylic acids is 1. The van der Waals surface area contributed by atoms with E-state index in [0.29, 0.717) is 18.1 Å². The first-order valence-electron chi connectivity index (χ1n) is 7.32. The Kier molecular flexibility index (Phi) is 6.07. The standard InChI is InChI=1S/C17H20BrNO3/c1-3-4-11-19(2)17(20)16-10-9-15(22-16)12-21-14-7-5-13(18)6-8-14/h5-10H,3-4,11-12H2,1-2H3. The van der Waals surface area contributed by atoms with Gasteiger partial charge in [-0.15, -0.1) is 0 Å². The molecule has 0 fully saturated rings. The van der Waals surface area contributed by atoms with E-state index in [0.717, 1.165) is 29.6 Å². The molecule has 0 saturated carbocycles. The maximum atomic E-state index is 12.2. The molecule has 1 aromatic carbocycles. The summed E-state index contributed by atoms with van der Waals surface area (Å²) in [6, 6.07) is 11.0. The molecule has 0 aliphatic rings. The van der Waals surface area contributed by atoms with E-state index in [4.69, 9.17) is 9.15 Å². The van der Waals surface area contributed by atoms with Crippen molar-refractivity contribution < 1.29 is 13.9 Å². The van der Waals surface area contributed by atoms with Gasteiger partial charge < -0.3 is 14.1 Å². The third kappa shape index (κ3) is 4.63. The van der Waals surface area contributed by atoms with Crippen molar-refractivity contribution in [3.8, 4) is 5.75 Å².